The molecule has 1 aromatic heterocycles. The molecular formula is C9H11NOS. The number of hydrogen-bond donors (Lipinski definition) is 0. The number of aromatic nitrogens is 1. The number of nitrogens with zero attached hydrogens (tertiary/aromatic N) is 1. The first-order chi connectivity index (χ1) is 5.97. The summed E-state index contributed by atoms with van der Waals surface area (Å²) in [7, 11) is 0. The Morgan fingerprint density at radius 1 is 1.58 bits per heavy atom. The first-order valence-corrected chi connectivity index (χ1v) is 5.15. The van der Waals surface area contributed by atoms with Gasteiger partial charge in [-0.2, -0.15) is 0 Å². The van der Waals surface area contributed by atoms with Crippen LogP contribution >= 0.6 is 11.8 Å². The van der Waals surface area contributed by atoms with Crippen molar-refractivity contribution in [3.05, 3.63) is 30.1 Å². The van der Waals surface area contributed by atoms with Gasteiger partial charge in [0.15, 0.2) is 0 Å². The molecule has 0 aromatic carbocycles. The van der Waals surface area contributed by atoms with Gasteiger partial charge in [-0.25, -0.2) is 0 Å². The van der Waals surface area contributed by atoms with Crippen molar-refractivity contribution in [2.75, 3.05) is 12.4 Å². The highest BCUT2D eigenvalue weighted by Crippen LogP contribution is 2.33. The van der Waals surface area contributed by atoms with Crippen molar-refractivity contribution in [1.82, 2.24) is 4.98 Å². The minimum absolute atomic E-state index is 0.215. The van der Waals surface area contributed by atoms with E-state index in [0.29, 0.717) is 0 Å². The molecule has 0 spiro atoms. The highest BCUT2D eigenvalue weighted by molar-refractivity contribution is 7.99. The van der Waals surface area contributed by atoms with E-state index >= 15 is 0 Å². The quantitative estimate of drug-likeness (QED) is 0.663. The molecule has 1 saturated heterocycles. The molecule has 0 N–H and O–H groups in total. The standard InChI is InChI=1S/C9H11NOS/c1-3-8(7-10-4-1)9-11-5-2-6-12-9/h1,3-4,7,9H,2,5-6H2. The topological polar surface area (TPSA) is 22.1 Å². The van der Waals surface area contributed by atoms with Crippen LogP contribution in [0.4, 0.5) is 0 Å². The van der Waals surface area contributed by atoms with Crippen molar-refractivity contribution in [3.63, 3.8) is 0 Å². The van der Waals surface area contributed by atoms with E-state index in [-0.39, 0.29) is 5.44 Å². The zero-order valence-electron chi connectivity index (χ0n) is 6.77. The van der Waals surface area contributed by atoms with E-state index in [1.165, 1.54) is 17.7 Å². The van der Waals surface area contributed by atoms with Crippen LogP contribution in [0.1, 0.15) is 17.4 Å². The van der Waals surface area contributed by atoms with Gasteiger partial charge in [0.05, 0.1) is 0 Å². The predicted molar refractivity (Wildman–Crippen MR) is 50.0 cm³/mol. The summed E-state index contributed by atoms with van der Waals surface area (Å²) < 4.78 is 5.59. The van der Waals surface area contributed by atoms with Crippen molar-refractivity contribution in [1.29, 1.82) is 0 Å². The third kappa shape index (κ3) is 1.79. The second kappa shape index (κ2) is 3.92. The summed E-state index contributed by atoms with van der Waals surface area (Å²) >= 11 is 1.85. The maximum absolute atomic E-state index is 5.59. The van der Waals surface area contributed by atoms with Gasteiger partial charge in [0.25, 0.3) is 0 Å². The Labute approximate surface area is 76.3 Å². The normalized spacial score (nSPS) is 23.8. The summed E-state index contributed by atoms with van der Waals surface area (Å²) in [5.74, 6) is 1.19. The lowest BCUT2D eigenvalue weighted by Crippen LogP contribution is -2.09. The van der Waals surface area contributed by atoms with Crippen LogP contribution in [0.15, 0.2) is 24.5 Å². The Balaban J connectivity index is 2.08. The maximum Gasteiger partial charge on any atom is 0.129 e. The van der Waals surface area contributed by atoms with E-state index in [0.717, 1.165) is 6.61 Å². The van der Waals surface area contributed by atoms with E-state index in [4.69, 9.17) is 4.74 Å². The summed E-state index contributed by atoms with van der Waals surface area (Å²) in [5.41, 5.74) is 1.40. The molecule has 12 heavy (non-hydrogen) atoms. The molecule has 1 unspecified atom stereocenters. The van der Waals surface area contributed by atoms with Crippen LogP contribution in [-0.2, 0) is 4.74 Å². The molecule has 1 atom stereocenters. The fraction of sp³-hybridized carbons (Fsp3) is 0.444. The molecule has 0 bridgehead atoms. The maximum atomic E-state index is 5.59. The van der Waals surface area contributed by atoms with E-state index in [9.17, 15) is 0 Å². The molecule has 2 rings (SSSR count). The molecule has 1 aromatic rings. The molecule has 0 saturated carbocycles. The van der Waals surface area contributed by atoms with Gasteiger partial charge in [0.2, 0.25) is 0 Å². The van der Waals surface area contributed by atoms with Crippen molar-refractivity contribution in [2.24, 2.45) is 0 Å². The molecule has 1 fully saturated rings. The summed E-state index contributed by atoms with van der Waals surface area (Å²) in [6, 6.07) is 4.02. The monoisotopic (exact) mass is 181 g/mol. The van der Waals surface area contributed by atoms with E-state index in [1.807, 2.05) is 24.0 Å². The molecule has 1 aliphatic rings. The van der Waals surface area contributed by atoms with E-state index < -0.39 is 0 Å². The SMILES string of the molecule is c1cncc(C2OCCCS2)c1. The number of pyridine rings is 1. The molecule has 2 heterocycles. The first-order valence-electron chi connectivity index (χ1n) is 4.10. The Kier molecular flexibility index (Phi) is 2.64. The van der Waals surface area contributed by atoms with Crippen molar-refractivity contribution in [3.8, 4) is 0 Å². The number of hydrogen-bond acceptors (Lipinski definition) is 3. The molecule has 3 heteroatoms. The van der Waals surface area contributed by atoms with Crippen LogP contribution in [0.2, 0.25) is 0 Å². The fourth-order valence-electron chi connectivity index (χ4n) is 1.20. The second-order valence-corrected chi connectivity index (χ2v) is 3.88. The minimum atomic E-state index is 0.215. The Hall–Kier alpha value is -0.540. The molecule has 0 aliphatic carbocycles. The zero-order chi connectivity index (χ0) is 8.23. The first kappa shape index (κ1) is 8.08. The lowest BCUT2D eigenvalue weighted by atomic mass is 10.3. The number of rotatable bonds is 1. The summed E-state index contributed by atoms with van der Waals surface area (Å²) in [5, 5.41) is 0. The van der Waals surface area contributed by atoms with Crippen LogP contribution in [0.5, 0.6) is 0 Å². The Morgan fingerprint density at radius 3 is 3.25 bits per heavy atom. The highest BCUT2D eigenvalue weighted by atomic mass is 32.2. The van der Waals surface area contributed by atoms with E-state index in [1.54, 1.807) is 6.20 Å². The van der Waals surface area contributed by atoms with Gasteiger partial charge < -0.3 is 4.74 Å². The van der Waals surface area contributed by atoms with Crippen molar-refractivity contribution in [2.45, 2.75) is 11.9 Å². The number of ether oxygens (including phenoxy) is 1. The molecular weight excluding hydrogens is 170 g/mol. The molecule has 2 nitrogen and oxygen atoms in total. The van der Waals surface area contributed by atoms with Gasteiger partial charge >= 0.3 is 0 Å². The average Bonchev–Trinajstić information content (AvgIpc) is 2.21. The van der Waals surface area contributed by atoms with Crippen LogP contribution in [-0.4, -0.2) is 17.3 Å². The molecule has 1 aliphatic heterocycles. The molecule has 0 radical (unpaired) electrons. The molecule has 0 amide bonds. The van der Waals surface area contributed by atoms with Crippen LogP contribution in [0, 0.1) is 0 Å². The third-order valence-electron chi connectivity index (χ3n) is 1.78. The highest BCUT2D eigenvalue weighted by Gasteiger charge is 2.15. The van der Waals surface area contributed by atoms with Gasteiger partial charge in [-0.1, -0.05) is 6.07 Å². The van der Waals surface area contributed by atoms with Crippen LogP contribution < -0.4 is 0 Å². The summed E-state index contributed by atoms with van der Waals surface area (Å²) in [4.78, 5) is 4.07. The van der Waals surface area contributed by atoms with Crippen molar-refractivity contribution >= 4 is 11.8 Å². The third-order valence-corrected chi connectivity index (χ3v) is 3.02. The zero-order valence-corrected chi connectivity index (χ0v) is 7.59. The Bertz CT molecular complexity index is 234. The fourth-order valence-corrected chi connectivity index (χ4v) is 2.22. The Morgan fingerprint density at radius 2 is 2.58 bits per heavy atom. The second-order valence-electron chi connectivity index (χ2n) is 2.71. The lowest BCUT2D eigenvalue weighted by molar-refractivity contribution is 0.106. The van der Waals surface area contributed by atoms with Gasteiger partial charge in [-0.15, -0.1) is 11.8 Å². The summed E-state index contributed by atoms with van der Waals surface area (Å²) in [6.07, 6.45) is 4.83. The summed E-state index contributed by atoms with van der Waals surface area (Å²) in [6.45, 7) is 0.882. The van der Waals surface area contributed by atoms with Crippen molar-refractivity contribution < 1.29 is 4.74 Å². The largest absolute Gasteiger partial charge is 0.363 e. The van der Waals surface area contributed by atoms with Gasteiger partial charge in [-0.05, 0) is 18.2 Å². The van der Waals surface area contributed by atoms with Gasteiger partial charge in [0.1, 0.15) is 5.44 Å². The predicted octanol–water partition coefficient (Wildman–Crippen LogP) is 2.23. The average molecular weight is 181 g/mol. The van der Waals surface area contributed by atoms with E-state index in [2.05, 4.69) is 11.1 Å². The van der Waals surface area contributed by atoms with Crippen LogP contribution in [0.3, 0.4) is 0 Å². The van der Waals surface area contributed by atoms with Gasteiger partial charge in [0, 0.05) is 24.6 Å². The van der Waals surface area contributed by atoms with Gasteiger partial charge in [-0.3, -0.25) is 4.98 Å². The number of thioether (sulfide) groups is 1. The molecule has 64 valence electrons. The van der Waals surface area contributed by atoms with Crippen LogP contribution in [0.25, 0.3) is 0 Å². The minimum Gasteiger partial charge on any atom is -0.363 e. The lowest BCUT2D eigenvalue weighted by Gasteiger charge is -2.21. The smallest absolute Gasteiger partial charge is 0.129 e.